The van der Waals surface area contributed by atoms with E-state index < -0.39 is 8.16 Å². The van der Waals surface area contributed by atoms with Crippen LogP contribution in [0.1, 0.15) is 24.0 Å². The lowest BCUT2D eigenvalue weighted by Crippen LogP contribution is -2.12. The summed E-state index contributed by atoms with van der Waals surface area (Å²) in [6.45, 7) is 1.88. The summed E-state index contributed by atoms with van der Waals surface area (Å²) in [7, 11) is -1.39. The molecule has 1 saturated heterocycles. The molecule has 32 heavy (non-hydrogen) atoms. The molecule has 2 heterocycles. The van der Waals surface area contributed by atoms with Crippen molar-refractivity contribution in [2.75, 3.05) is 17.8 Å². The second-order valence-corrected chi connectivity index (χ2v) is 9.48. The highest BCUT2D eigenvalue weighted by Gasteiger charge is 2.22. The van der Waals surface area contributed by atoms with E-state index in [0.29, 0.717) is 11.2 Å². The van der Waals surface area contributed by atoms with Crippen molar-refractivity contribution in [3.8, 4) is 24.7 Å². The smallest absolute Gasteiger partial charge is 0.309 e. The molecule has 154 valence electrons. The quantitative estimate of drug-likeness (QED) is 0.260. The van der Waals surface area contributed by atoms with Gasteiger partial charge in [0.05, 0.1) is 11.1 Å². The molecular weight excluding hydrogens is 413 g/mol. The molecule has 0 amide bonds. The van der Waals surface area contributed by atoms with Crippen LogP contribution in [-0.4, -0.2) is 13.1 Å². The lowest BCUT2D eigenvalue weighted by molar-refractivity contribution is 0.628. The van der Waals surface area contributed by atoms with Crippen molar-refractivity contribution >= 4 is 51.6 Å². The maximum Gasteiger partial charge on any atom is 0.309 e. The summed E-state index contributed by atoms with van der Waals surface area (Å²) >= 11 is 0. The van der Waals surface area contributed by atoms with E-state index in [2.05, 4.69) is 40.8 Å². The Morgan fingerprint density at radius 2 is 1.19 bits per heavy atom. The molecule has 0 bridgehead atoms. The molecule has 1 aliphatic rings. The van der Waals surface area contributed by atoms with Crippen molar-refractivity contribution in [3.05, 3.63) is 71.8 Å². The number of rotatable bonds is 1. The molecule has 1 fully saturated rings. The first kappa shape index (κ1) is 19.1. The summed E-state index contributed by atoms with van der Waals surface area (Å²) in [5, 5.41) is 6.20. The van der Waals surface area contributed by atoms with Gasteiger partial charge in [-0.25, -0.2) is 4.67 Å². The van der Waals surface area contributed by atoms with Gasteiger partial charge in [0.1, 0.15) is 0 Å². The van der Waals surface area contributed by atoms with Crippen LogP contribution in [0.2, 0.25) is 0 Å². The molecule has 0 radical (unpaired) electrons. The van der Waals surface area contributed by atoms with E-state index in [-0.39, 0.29) is 0 Å². The third-order valence-electron chi connectivity index (χ3n) is 6.22. The SMILES string of the molecule is C#Cc1cc2ccccc2c2c1op(N1CCCC1)oc1c(C#C)cc3ccccc3c12. The topological polar surface area (TPSA) is 29.5 Å². The molecule has 5 aromatic rings. The van der Waals surface area contributed by atoms with Gasteiger partial charge in [-0.15, -0.1) is 12.8 Å². The van der Waals surface area contributed by atoms with Crippen LogP contribution in [0.5, 0.6) is 0 Å². The minimum atomic E-state index is -1.39. The van der Waals surface area contributed by atoms with Crippen LogP contribution in [-0.2, 0) is 0 Å². The van der Waals surface area contributed by atoms with E-state index in [9.17, 15) is 0 Å². The molecule has 0 N–H and O–H groups in total. The monoisotopic (exact) mass is 433 g/mol. The summed E-state index contributed by atoms with van der Waals surface area (Å²) < 4.78 is 15.6. The van der Waals surface area contributed by atoms with Gasteiger partial charge in [0.15, 0.2) is 11.2 Å². The van der Waals surface area contributed by atoms with E-state index in [0.717, 1.165) is 69.4 Å². The standard InChI is InChI=1S/C28H20NO2P/c1-3-19-17-21-11-5-7-13-23(21)25-26-24-14-8-6-12-22(24)18-20(4-2)28(26)31-32(30-27(19)25)29-15-9-10-16-29/h1-2,5-8,11-14,17-18H,9-10,15-16H2. The number of hydrogen-bond donors (Lipinski definition) is 0. The third kappa shape index (κ3) is 2.84. The van der Waals surface area contributed by atoms with E-state index in [1.54, 1.807) is 0 Å². The van der Waals surface area contributed by atoms with Gasteiger partial charge in [-0.2, -0.15) is 0 Å². The molecule has 3 nitrogen and oxygen atoms in total. The summed E-state index contributed by atoms with van der Waals surface area (Å²) in [6.07, 6.45) is 14.2. The summed E-state index contributed by atoms with van der Waals surface area (Å²) in [4.78, 5) is 0. The summed E-state index contributed by atoms with van der Waals surface area (Å²) in [5.41, 5.74) is 2.89. The Morgan fingerprint density at radius 3 is 1.66 bits per heavy atom. The average molecular weight is 433 g/mol. The first-order chi connectivity index (χ1) is 15.8. The Balaban J connectivity index is 1.99. The average Bonchev–Trinajstić information content (AvgIpc) is 3.31. The molecule has 1 aliphatic heterocycles. The fourth-order valence-electron chi connectivity index (χ4n) is 4.71. The van der Waals surface area contributed by atoms with Crippen molar-refractivity contribution in [2.45, 2.75) is 12.8 Å². The highest BCUT2D eigenvalue weighted by molar-refractivity contribution is 7.39. The van der Waals surface area contributed by atoms with Crippen molar-refractivity contribution < 1.29 is 8.39 Å². The third-order valence-corrected chi connectivity index (χ3v) is 7.76. The zero-order valence-corrected chi connectivity index (χ0v) is 18.4. The van der Waals surface area contributed by atoms with Gasteiger partial charge in [0.25, 0.3) is 0 Å². The van der Waals surface area contributed by atoms with Crippen LogP contribution >= 0.6 is 8.16 Å². The number of hydrogen-bond acceptors (Lipinski definition) is 3. The second-order valence-electron chi connectivity index (χ2n) is 8.07. The van der Waals surface area contributed by atoms with Crippen LogP contribution in [0.4, 0.5) is 0 Å². The van der Waals surface area contributed by atoms with Gasteiger partial charge in [0.2, 0.25) is 0 Å². The highest BCUT2D eigenvalue weighted by Crippen LogP contribution is 2.44. The van der Waals surface area contributed by atoms with Gasteiger partial charge in [-0.1, -0.05) is 60.4 Å². The Kier molecular flexibility index (Phi) is 4.48. The van der Waals surface area contributed by atoms with Crippen LogP contribution < -0.4 is 4.67 Å². The molecule has 6 rings (SSSR count). The number of fused-ring (bicyclic) bond motifs is 7. The zero-order valence-electron chi connectivity index (χ0n) is 17.5. The van der Waals surface area contributed by atoms with Gasteiger partial charge in [0, 0.05) is 23.9 Å². The number of terminal acetylenes is 2. The highest BCUT2D eigenvalue weighted by atomic mass is 31.1. The molecule has 4 aromatic carbocycles. The molecule has 1 aromatic heterocycles. The summed E-state index contributed by atoms with van der Waals surface area (Å²) in [5.74, 6) is 5.73. The first-order valence-corrected chi connectivity index (χ1v) is 11.9. The molecule has 0 atom stereocenters. The minimum Gasteiger partial charge on any atom is -0.406 e. The predicted octanol–water partition coefficient (Wildman–Crippen LogP) is 7.29. The minimum absolute atomic E-state index is 0.710. The van der Waals surface area contributed by atoms with Crippen molar-refractivity contribution in [1.29, 1.82) is 0 Å². The van der Waals surface area contributed by atoms with E-state index >= 15 is 0 Å². The van der Waals surface area contributed by atoms with E-state index in [4.69, 9.17) is 21.2 Å². The lowest BCUT2D eigenvalue weighted by Gasteiger charge is -2.10. The Bertz CT molecular complexity index is 1540. The van der Waals surface area contributed by atoms with E-state index in [1.807, 2.05) is 36.4 Å². The lowest BCUT2D eigenvalue weighted by atomic mass is 9.95. The zero-order chi connectivity index (χ0) is 21.7. The van der Waals surface area contributed by atoms with Crippen molar-refractivity contribution in [3.63, 3.8) is 0 Å². The maximum atomic E-state index is 6.66. The maximum absolute atomic E-state index is 6.66. The van der Waals surface area contributed by atoms with Crippen molar-refractivity contribution in [1.82, 2.24) is 0 Å². The Morgan fingerprint density at radius 1 is 0.719 bits per heavy atom. The van der Waals surface area contributed by atoms with Gasteiger partial charge < -0.3 is 8.39 Å². The Labute approximate surface area is 187 Å². The van der Waals surface area contributed by atoms with Gasteiger partial charge >= 0.3 is 8.16 Å². The Hall–Kier alpha value is -3.62. The van der Waals surface area contributed by atoms with Crippen LogP contribution in [0.3, 0.4) is 0 Å². The fourth-order valence-corrected chi connectivity index (χ4v) is 6.28. The van der Waals surface area contributed by atoms with Gasteiger partial charge in [-0.05, 0) is 46.5 Å². The normalized spacial score (nSPS) is 14.2. The first-order valence-electron chi connectivity index (χ1n) is 10.7. The van der Waals surface area contributed by atoms with Crippen molar-refractivity contribution in [2.24, 2.45) is 0 Å². The van der Waals surface area contributed by atoms with Crippen LogP contribution in [0.15, 0.2) is 69.1 Å². The second kappa shape index (κ2) is 7.51. The fraction of sp³-hybridized carbons (Fsp3) is 0.143. The number of nitrogens with zero attached hydrogens (tertiary/aromatic N) is 1. The molecule has 0 spiro atoms. The van der Waals surface area contributed by atoms with Crippen LogP contribution in [0, 0.1) is 24.7 Å². The molecule has 0 unspecified atom stereocenters. The molecule has 0 aliphatic carbocycles. The summed E-state index contributed by atoms with van der Waals surface area (Å²) in [6, 6.07) is 20.6. The molecular formula is C28H20NO2P. The molecule has 0 saturated carbocycles. The predicted molar refractivity (Wildman–Crippen MR) is 134 cm³/mol. The largest absolute Gasteiger partial charge is 0.406 e. The number of benzene rings is 4. The van der Waals surface area contributed by atoms with E-state index in [1.165, 1.54) is 0 Å². The van der Waals surface area contributed by atoms with Gasteiger partial charge in [-0.3, -0.25) is 0 Å². The molecule has 4 heteroatoms. The van der Waals surface area contributed by atoms with Crippen LogP contribution in [0.25, 0.3) is 43.5 Å².